The molecule has 0 bridgehead atoms. The van der Waals surface area contributed by atoms with Crippen molar-refractivity contribution in [1.82, 2.24) is 4.98 Å². The number of anilines is 1. The molecule has 2 rings (SSSR count). The maximum atomic E-state index is 11.1. The van der Waals surface area contributed by atoms with Crippen LogP contribution in [0.5, 0.6) is 0 Å². The summed E-state index contributed by atoms with van der Waals surface area (Å²) < 4.78 is 0. The molecule has 0 aliphatic carbocycles. The van der Waals surface area contributed by atoms with Crippen LogP contribution in [0.15, 0.2) is 12.3 Å². The largest absolute Gasteiger partial charge is 0.478 e. The molecule has 19 heavy (non-hydrogen) atoms. The number of nitro groups is 1. The molecule has 102 valence electrons. The monoisotopic (exact) mass is 265 g/mol. The number of hydrogen-bond donors (Lipinski definition) is 1. The first kappa shape index (κ1) is 13.3. The van der Waals surface area contributed by atoms with Gasteiger partial charge in [0.05, 0.1) is 10.5 Å². The molecule has 0 saturated carbocycles. The maximum Gasteiger partial charge on any atom is 0.337 e. The molecule has 1 aliphatic heterocycles. The molecule has 1 saturated heterocycles. The summed E-state index contributed by atoms with van der Waals surface area (Å²) in [5.41, 5.74) is -0.634. The van der Waals surface area contributed by atoms with Crippen molar-refractivity contribution in [2.75, 3.05) is 11.4 Å². The standard InChI is InChI=1S/C12H15N3O4/c1-12(2)4-3-5-14(12)10-9(15(18)19)6-8(7-13-10)11(16)17/h6-7H,3-5H2,1-2H3,(H,16,17). The van der Waals surface area contributed by atoms with E-state index in [9.17, 15) is 14.9 Å². The average Bonchev–Trinajstić information content (AvgIpc) is 2.67. The number of aromatic carboxylic acids is 1. The van der Waals surface area contributed by atoms with Crippen molar-refractivity contribution in [2.45, 2.75) is 32.2 Å². The van der Waals surface area contributed by atoms with E-state index < -0.39 is 10.9 Å². The Labute approximate surface area is 110 Å². The van der Waals surface area contributed by atoms with Crippen LogP contribution >= 0.6 is 0 Å². The molecule has 0 spiro atoms. The highest BCUT2D eigenvalue weighted by Crippen LogP contribution is 2.37. The number of carbonyl (C=O) groups is 1. The summed E-state index contributed by atoms with van der Waals surface area (Å²) >= 11 is 0. The van der Waals surface area contributed by atoms with Crippen molar-refractivity contribution in [3.63, 3.8) is 0 Å². The number of aromatic nitrogens is 1. The van der Waals surface area contributed by atoms with E-state index >= 15 is 0 Å². The van der Waals surface area contributed by atoms with Crippen LogP contribution in [0.1, 0.15) is 37.0 Å². The zero-order valence-corrected chi connectivity index (χ0v) is 10.8. The molecule has 0 aromatic carbocycles. The van der Waals surface area contributed by atoms with Crippen LogP contribution < -0.4 is 4.90 Å². The van der Waals surface area contributed by atoms with E-state index in [1.54, 1.807) is 0 Å². The molecule has 2 heterocycles. The van der Waals surface area contributed by atoms with Gasteiger partial charge in [0, 0.05) is 24.3 Å². The quantitative estimate of drug-likeness (QED) is 0.663. The molecule has 1 aromatic rings. The molecule has 1 aliphatic rings. The van der Waals surface area contributed by atoms with Gasteiger partial charge in [-0.05, 0) is 26.7 Å². The lowest BCUT2D eigenvalue weighted by molar-refractivity contribution is -0.384. The van der Waals surface area contributed by atoms with Gasteiger partial charge in [-0.25, -0.2) is 9.78 Å². The van der Waals surface area contributed by atoms with Crippen molar-refractivity contribution in [3.8, 4) is 0 Å². The van der Waals surface area contributed by atoms with Gasteiger partial charge in [-0.2, -0.15) is 0 Å². The Hall–Kier alpha value is -2.18. The first-order valence-electron chi connectivity index (χ1n) is 5.98. The SMILES string of the molecule is CC1(C)CCCN1c1ncc(C(=O)O)cc1[N+](=O)[O-]. The predicted octanol–water partition coefficient (Wildman–Crippen LogP) is 2.07. The van der Waals surface area contributed by atoms with Crippen LogP contribution in [-0.2, 0) is 0 Å². The Morgan fingerprint density at radius 1 is 1.58 bits per heavy atom. The van der Waals surface area contributed by atoms with Crippen LogP contribution in [0.4, 0.5) is 11.5 Å². The number of hydrogen-bond acceptors (Lipinski definition) is 5. The molecule has 1 fully saturated rings. The normalized spacial score (nSPS) is 17.5. The zero-order valence-electron chi connectivity index (χ0n) is 10.8. The van der Waals surface area contributed by atoms with Gasteiger partial charge in [0.1, 0.15) is 0 Å². The first-order valence-corrected chi connectivity index (χ1v) is 5.98. The molecule has 0 atom stereocenters. The predicted molar refractivity (Wildman–Crippen MR) is 68.5 cm³/mol. The van der Waals surface area contributed by atoms with Crippen molar-refractivity contribution in [2.24, 2.45) is 0 Å². The third-order valence-electron chi connectivity index (χ3n) is 3.45. The van der Waals surface area contributed by atoms with Crippen molar-refractivity contribution in [3.05, 3.63) is 27.9 Å². The van der Waals surface area contributed by atoms with Crippen LogP contribution in [-0.4, -0.2) is 33.1 Å². The maximum absolute atomic E-state index is 11.1. The summed E-state index contributed by atoms with van der Waals surface area (Å²) in [4.78, 5) is 27.3. The zero-order chi connectivity index (χ0) is 14.2. The Morgan fingerprint density at radius 2 is 2.26 bits per heavy atom. The van der Waals surface area contributed by atoms with Crippen LogP contribution in [0.2, 0.25) is 0 Å². The minimum atomic E-state index is -1.22. The summed E-state index contributed by atoms with van der Waals surface area (Å²) in [6, 6.07) is 1.07. The first-order chi connectivity index (χ1) is 8.83. The molecule has 7 heteroatoms. The number of carboxylic acids is 1. The second-order valence-corrected chi connectivity index (χ2v) is 5.20. The number of nitrogens with zero attached hydrogens (tertiary/aromatic N) is 3. The van der Waals surface area contributed by atoms with Gasteiger partial charge in [0.15, 0.2) is 0 Å². The Morgan fingerprint density at radius 3 is 2.74 bits per heavy atom. The van der Waals surface area contributed by atoms with Crippen molar-refractivity contribution >= 4 is 17.5 Å². The second kappa shape index (κ2) is 4.49. The summed E-state index contributed by atoms with van der Waals surface area (Å²) in [6.45, 7) is 4.68. The van der Waals surface area contributed by atoms with E-state index in [0.29, 0.717) is 6.54 Å². The van der Waals surface area contributed by atoms with Crippen molar-refractivity contribution < 1.29 is 14.8 Å². The lowest BCUT2D eigenvalue weighted by Crippen LogP contribution is -2.39. The fourth-order valence-electron chi connectivity index (χ4n) is 2.41. The third-order valence-corrected chi connectivity index (χ3v) is 3.45. The molecule has 1 aromatic heterocycles. The van der Waals surface area contributed by atoms with E-state index in [-0.39, 0.29) is 22.6 Å². The highest BCUT2D eigenvalue weighted by atomic mass is 16.6. The van der Waals surface area contributed by atoms with Gasteiger partial charge in [-0.1, -0.05) is 0 Å². The summed E-state index contributed by atoms with van der Waals surface area (Å²) in [5, 5.41) is 20.0. The van der Waals surface area contributed by atoms with E-state index in [1.165, 1.54) is 6.20 Å². The Kier molecular flexibility index (Phi) is 3.13. The molecule has 7 nitrogen and oxygen atoms in total. The van der Waals surface area contributed by atoms with Gasteiger partial charge in [-0.15, -0.1) is 0 Å². The summed E-state index contributed by atoms with van der Waals surface area (Å²) in [7, 11) is 0. The highest BCUT2D eigenvalue weighted by Gasteiger charge is 2.36. The summed E-state index contributed by atoms with van der Waals surface area (Å²) in [6.07, 6.45) is 3.03. The van der Waals surface area contributed by atoms with E-state index in [1.807, 2.05) is 18.7 Å². The minimum absolute atomic E-state index is 0.174. The topological polar surface area (TPSA) is 96.6 Å². The van der Waals surface area contributed by atoms with Gasteiger partial charge in [0.25, 0.3) is 0 Å². The molecular weight excluding hydrogens is 250 g/mol. The van der Waals surface area contributed by atoms with Gasteiger partial charge in [-0.3, -0.25) is 10.1 Å². The van der Waals surface area contributed by atoms with Crippen LogP contribution in [0.25, 0.3) is 0 Å². The van der Waals surface area contributed by atoms with E-state index in [0.717, 1.165) is 18.9 Å². The van der Waals surface area contributed by atoms with Crippen LogP contribution in [0.3, 0.4) is 0 Å². The molecule has 0 radical (unpaired) electrons. The molecule has 0 amide bonds. The van der Waals surface area contributed by atoms with E-state index in [2.05, 4.69) is 4.98 Å². The molecule has 1 N–H and O–H groups in total. The third kappa shape index (κ3) is 2.35. The van der Waals surface area contributed by atoms with Crippen molar-refractivity contribution in [1.29, 1.82) is 0 Å². The smallest absolute Gasteiger partial charge is 0.337 e. The minimum Gasteiger partial charge on any atom is -0.478 e. The Balaban J connectivity index is 2.51. The number of pyridine rings is 1. The van der Waals surface area contributed by atoms with Gasteiger partial charge >= 0.3 is 11.7 Å². The lowest BCUT2D eigenvalue weighted by atomic mass is 10.0. The van der Waals surface area contributed by atoms with Crippen LogP contribution in [0, 0.1) is 10.1 Å². The second-order valence-electron chi connectivity index (χ2n) is 5.20. The summed E-state index contributed by atoms with van der Waals surface area (Å²) in [5.74, 6) is -0.972. The van der Waals surface area contributed by atoms with E-state index in [4.69, 9.17) is 5.11 Å². The Bertz CT molecular complexity index is 542. The average molecular weight is 265 g/mol. The lowest BCUT2D eigenvalue weighted by Gasteiger charge is -2.32. The molecular formula is C12H15N3O4. The number of carboxylic acid groups (broad SMARTS) is 1. The van der Waals surface area contributed by atoms with Gasteiger partial charge < -0.3 is 10.0 Å². The fourth-order valence-corrected chi connectivity index (χ4v) is 2.41. The highest BCUT2D eigenvalue weighted by molar-refractivity contribution is 5.88. The molecule has 0 unspecified atom stereocenters. The fraction of sp³-hybridized carbons (Fsp3) is 0.500. The van der Waals surface area contributed by atoms with Gasteiger partial charge in [0.2, 0.25) is 5.82 Å². The number of rotatable bonds is 3.